The lowest BCUT2D eigenvalue weighted by Crippen LogP contribution is -2.49. The third-order valence-electron chi connectivity index (χ3n) is 5.01. The first kappa shape index (κ1) is 18.5. The first-order valence-corrected chi connectivity index (χ1v) is 10.6. The molecule has 26 heavy (non-hydrogen) atoms. The molecule has 5 nitrogen and oxygen atoms in total. The smallest absolute Gasteiger partial charge is 0.231 e. The van der Waals surface area contributed by atoms with Gasteiger partial charge >= 0.3 is 0 Å². The zero-order chi connectivity index (χ0) is 18.8. The van der Waals surface area contributed by atoms with E-state index in [0.29, 0.717) is 5.69 Å². The molecule has 1 saturated carbocycles. The standard InChI is InChI=1S/C20H24N2O3S/c1-15(16-8-6-11-18(14-16)22-26(2,24)25)21-19(23)20(12-7-13-20)17-9-4-3-5-10-17/h3-6,8-11,14-15,22H,7,12-13H2,1-2H3,(H,21,23)/t15-/m0/s1. The number of benzene rings is 2. The van der Waals surface area contributed by atoms with Gasteiger partial charge in [0.25, 0.3) is 0 Å². The molecule has 0 aliphatic heterocycles. The van der Waals surface area contributed by atoms with Gasteiger partial charge in [-0.2, -0.15) is 0 Å². The van der Waals surface area contributed by atoms with Crippen LogP contribution >= 0.6 is 0 Å². The summed E-state index contributed by atoms with van der Waals surface area (Å²) in [5.74, 6) is 0.0314. The van der Waals surface area contributed by atoms with Crippen LogP contribution in [0.15, 0.2) is 54.6 Å². The zero-order valence-electron chi connectivity index (χ0n) is 15.0. The maximum absolute atomic E-state index is 13.0. The van der Waals surface area contributed by atoms with Crippen LogP contribution in [0, 0.1) is 0 Å². The van der Waals surface area contributed by atoms with Gasteiger partial charge in [0.2, 0.25) is 15.9 Å². The van der Waals surface area contributed by atoms with Crippen LogP contribution in [0.2, 0.25) is 0 Å². The molecule has 2 aromatic rings. The quantitative estimate of drug-likeness (QED) is 0.816. The highest BCUT2D eigenvalue weighted by Crippen LogP contribution is 2.44. The number of sulfonamides is 1. The fraction of sp³-hybridized carbons (Fsp3) is 0.350. The van der Waals surface area contributed by atoms with E-state index in [9.17, 15) is 13.2 Å². The Morgan fingerprint density at radius 1 is 1.08 bits per heavy atom. The minimum atomic E-state index is -3.33. The Morgan fingerprint density at radius 3 is 2.35 bits per heavy atom. The maximum atomic E-state index is 13.0. The van der Waals surface area contributed by atoms with E-state index in [-0.39, 0.29) is 11.9 Å². The first-order valence-electron chi connectivity index (χ1n) is 8.74. The van der Waals surface area contributed by atoms with E-state index in [1.54, 1.807) is 18.2 Å². The highest BCUT2D eigenvalue weighted by Gasteiger charge is 2.45. The summed E-state index contributed by atoms with van der Waals surface area (Å²) < 4.78 is 25.3. The van der Waals surface area contributed by atoms with Gasteiger partial charge in [0.1, 0.15) is 0 Å². The molecule has 2 aromatic carbocycles. The van der Waals surface area contributed by atoms with Crippen molar-refractivity contribution in [1.82, 2.24) is 5.32 Å². The molecule has 0 radical (unpaired) electrons. The van der Waals surface area contributed by atoms with Crippen molar-refractivity contribution in [2.75, 3.05) is 11.0 Å². The fourth-order valence-electron chi connectivity index (χ4n) is 3.44. The molecule has 138 valence electrons. The van der Waals surface area contributed by atoms with E-state index in [0.717, 1.165) is 36.6 Å². The van der Waals surface area contributed by atoms with Crippen molar-refractivity contribution in [2.45, 2.75) is 37.6 Å². The van der Waals surface area contributed by atoms with Crippen molar-refractivity contribution in [2.24, 2.45) is 0 Å². The summed E-state index contributed by atoms with van der Waals surface area (Å²) in [6.07, 6.45) is 3.87. The summed E-state index contributed by atoms with van der Waals surface area (Å²) in [4.78, 5) is 13.0. The van der Waals surface area contributed by atoms with Crippen LogP contribution in [0.3, 0.4) is 0 Å². The van der Waals surface area contributed by atoms with E-state index in [1.165, 1.54) is 0 Å². The Hall–Kier alpha value is -2.34. The van der Waals surface area contributed by atoms with Gasteiger partial charge in [-0.15, -0.1) is 0 Å². The van der Waals surface area contributed by atoms with Crippen LogP contribution < -0.4 is 10.0 Å². The lowest BCUT2D eigenvalue weighted by Gasteiger charge is -2.41. The first-order chi connectivity index (χ1) is 12.3. The Morgan fingerprint density at radius 2 is 1.77 bits per heavy atom. The third kappa shape index (κ3) is 3.90. The highest BCUT2D eigenvalue weighted by atomic mass is 32.2. The molecule has 1 fully saturated rings. The van der Waals surface area contributed by atoms with Crippen molar-refractivity contribution in [3.63, 3.8) is 0 Å². The van der Waals surface area contributed by atoms with E-state index < -0.39 is 15.4 Å². The number of nitrogens with one attached hydrogen (secondary N) is 2. The second-order valence-corrected chi connectivity index (χ2v) is 8.74. The Bertz CT molecular complexity index is 890. The molecular formula is C20H24N2O3S. The van der Waals surface area contributed by atoms with Crippen molar-refractivity contribution >= 4 is 21.6 Å². The van der Waals surface area contributed by atoms with E-state index >= 15 is 0 Å². The van der Waals surface area contributed by atoms with Crippen molar-refractivity contribution in [3.05, 3.63) is 65.7 Å². The summed E-state index contributed by atoms with van der Waals surface area (Å²) in [5.41, 5.74) is 1.96. The van der Waals surface area contributed by atoms with Crippen LogP contribution in [0.4, 0.5) is 5.69 Å². The molecule has 0 saturated heterocycles. The molecule has 1 atom stereocenters. The summed E-state index contributed by atoms with van der Waals surface area (Å²) in [7, 11) is -3.33. The van der Waals surface area contributed by atoms with Gasteiger partial charge in [-0.1, -0.05) is 48.9 Å². The van der Waals surface area contributed by atoms with Crippen molar-refractivity contribution in [1.29, 1.82) is 0 Å². The topological polar surface area (TPSA) is 75.3 Å². The SMILES string of the molecule is C[C@H](NC(=O)C1(c2ccccc2)CCC1)c1cccc(NS(C)(=O)=O)c1. The predicted molar refractivity (Wildman–Crippen MR) is 103 cm³/mol. The highest BCUT2D eigenvalue weighted by molar-refractivity contribution is 7.92. The number of carbonyl (C=O) groups is 1. The predicted octanol–water partition coefficient (Wildman–Crippen LogP) is 3.36. The normalized spacial score (nSPS) is 17.0. The Labute approximate surface area is 154 Å². The molecule has 0 heterocycles. The maximum Gasteiger partial charge on any atom is 0.231 e. The number of amides is 1. The minimum Gasteiger partial charge on any atom is -0.349 e. The van der Waals surface area contributed by atoms with Crippen LogP contribution in [0.25, 0.3) is 0 Å². The number of rotatable bonds is 6. The van der Waals surface area contributed by atoms with Crippen LogP contribution in [0.5, 0.6) is 0 Å². The van der Waals surface area contributed by atoms with Gasteiger partial charge in [-0.25, -0.2) is 8.42 Å². The molecule has 0 bridgehead atoms. The summed E-state index contributed by atoms with van der Waals surface area (Å²) in [5, 5.41) is 3.11. The minimum absolute atomic E-state index is 0.0314. The molecule has 6 heteroatoms. The third-order valence-corrected chi connectivity index (χ3v) is 5.61. The number of anilines is 1. The van der Waals surface area contributed by atoms with Crippen LogP contribution in [0.1, 0.15) is 43.4 Å². The number of carbonyl (C=O) groups excluding carboxylic acids is 1. The van der Waals surface area contributed by atoms with Crippen LogP contribution in [-0.2, 0) is 20.2 Å². The summed E-state index contributed by atoms with van der Waals surface area (Å²) in [6, 6.07) is 16.8. The zero-order valence-corrected chi connectivity index (χ0v) is 15.8. The van der Waals surface area contributed by atoms with Crippen molar-refractivity contribution < 1.29 is 13.2 Å². The second-order valence-electron chi connectivity index (χ2n) is 7.00. The second kappa shape index (κ2) is 7.11. The monoisotopic (exact) mass is 372 g/mol. The summed E-state index contributed by atoms with van der Waals surface area (Å²) in [6.45, 7) is 1.91. The number of hydrogen-bond donors (Lipinski definition) is 2. The molecule has 3 rings (SSSR count). The average Bonchev–Trinajstić information content (AvgIpc) is 2.53. The van der Waals surface area contributed by atoms with Crippen molar-refractivity contribution in [3.8, 4) is 0 Å². The molecular weight excluding hydrogens is 348 g/mol. The Kier molecular flexibility index (Phi) is 5.05. The van der Waals surface area contributed by atoms with E-state index in [1.807, 2.05) is 43.3 Å². The molecule has 2 N–H and O–H groups in total. The van der Waals surface area contributed by atoms with E-state index in [4.69, 9.17) is 0 Å². The lowest BCUT2D eigenvalue weighted by atomic mass is 9.63. The molecule has 1 amide bonds. The average molecular weight is 372 g/mol. The van der Waals surface area contributed by atoms with Gasteiger partial charge < -0.3 is 5.32 Å². The van der Waals surface area contributed by atoms with Gasteiger partial charge in [-0.3, -0.25) is 9.52 Å². The molecule has 1 aliphatic carbocycles. The van der Waals surface area contributed by atoms with Crippen LogP contribution in [-0.4, -0.2) is 20.6 Å². The van der Waals surface area contributed by atoms with Gasteiger partial charge in [0.15, 0.2) is 0 Å². The fourth-order valence-corrected chi connectivity index (χ4v) is 3.99. The molecule has 1 aliphatic rings. The molecule has 0 aromatic heterocycles. The molecule has 0 unspecified atom stereocenters. The number of hydrogen-bond acceptors (Lipinski definition) is 3. The Balaban J connectivity index is 1.76. The molecule has 0 spiro atoms. The van der Waals surface area contributed by atoms with Gasteiger partial charge in [0, 0.05) is 5.69 Å². The van der Waals surface area contributed by atoms with Gasteiger partial charge in [0.05, 0.1) is 17.7 Å². The summed E-state index contributed by atoms with van der Waals surface area (Å²) >= 11 is 0. The lowest BCUT2D eigenvalue weighted by molar-refractivity contribution is -0.130. The largest absolute Gasteiger partial charge is 0.349 e. The van der Waals surface area contributed by atoms with E-state index in [2.05, 4.69) is 10.0 Å². The van der Waals surface area contributed by atoms with Gasteiger partial charge in [-0.05, 0) is 43.0 Å².